The van der Waals surface area contributed by atoms with Crippen molar-refractivity contribution in [2.75, 3.05) is 39.6 Å². The van der Waals surface area contributed by atoms with Gasteiger partial charge in [-0.1, -0.05) is 112 Å². The summed E-state index contributed by atoms with van der Waals surface area (Å²) in [5.41, 5.74) is 3.82. The van der Waals surface area contributed by atoms with Crippen LogP contribution in [-0.4, -0.2) is 58.9 Å². The fourth-order valence-electron chi connectivity index (χ4n) is 4.05. The van der Waals surface area contributed by atoms with Crippen LogP contribution in [0.15, 0.2) is 91.0 Å². The van der Waals surface area contributed by atoms with Crippen molar-refractivity contribution >= 4 is 20.1 Å². The smallest absolute Gasteiger partial charge is 0.192 e. The van der Waals surface area contributed by atoms with E-state index in [4.69, 9.17) is 9.16 Å². The molecule has 0 aliphatic carbocycles. The van der Waals surface area contributed by atoms with Gasteiger partial charge in [0, 0.05) is 12.3 Å². The molecule has 0 unspecified atom stereocenters. The molecular weight excluding hydrogens is 491 g/mol. The maximum Gasteiger partial charge on any atom is 0.192 e. The molecule has 3 aromatic carbocycles. The van der Waals surface area contributed by atoms with Gasteiger partial charge < -0.3 is 14.1 Å². The summed E-state index contributed by atoms with van der Waals surface area (Å²) >= 11 is 1.95. The van der Waals surface area contributed by atoms with Crippen molar-refractivity contribution in [3.63, 3.8) is 0 Å². The Labute approximate surface area is 230 Å². The van der Waals surface area contributed by atoms with Gasteiger partial charge in [0.1, 0.15) is 0 Å². The highest BCUT2D eigenvalue weighted by atomic mass is 32.2. The summed E-state index contributed by atoms with van der Waals surface area (Å²) in [7, 11) is 2.28. The second kappa shape index (κ2) is 13.3. The van der Waals surface area contributed by atoms with Gasteiger partial charge in [0.25, 0.3) is 0 Å². The van der Waals surface area contributed by atoms with Gasteiger partial charge in [0.15, 0.2) is 8.32 Å². The quantitative estimate of drug-likeness (QED) is 0.165. The molecule has 0 amide bonds. The Morgan fingerprint density at radius 1 is 0.757 bits per heavy atom. The molecule has 0 saturated heterocycles. The standard InChI is InChI=1S/C32H45NO2SSi/c1-31(2,3)37(6,7)35-25-30(34-24-23-33(4)5)26-36-32(27-17-11-8-12-18-27,28-19-13-9-14-20-28)29-21-15-10-16-22-29/h8-22,30H,23-26H2,1-7H3/t30-/m0/s1. The average molecular weight is 536 g/mol. The van der Waals surface area contributed by atoms with Crippen LogP contribution in [-0.2, 0) is 13.9 Å². The van der Waals surface area contributed by atoms with Crippen LogP contribution in [0.2, 0.25) is 18.1 Å². The first-order chi connectivity index (χ1) is 17.6. The van der Waals surface area contributed by atoms with Crippen molar-refractivity contribution < 1.29 is 9.16 Å². The van der Waals surface area contributed by atoms with Crippen LogP contribution in [0.3, 0.4) is 0 Å². The van der Waals surface area contributed by atoms with E-state index in [1.54, 1.807) is 0 Å². The van der Waals surface area contributed by atoms with Gasteiger partial charge in [-0.3, -0.25) is 0 Å². The van der Waals surface area contributed by atoms with E-state index in [0.717, 1.165) is 12.3 Å². The number of likely N-dealkylation sites (N-methyl/N-ethyl adjacent to an activating group) is 1. The molecule has 3 aromatic rings. The number of hydrogen-bond donors (Lipinski definition) is 0. The third kappa shape index (κ3) is 7.81. The summed E-state index contributed by atoms with van der Waals surface area (Å²) in [4.78, 5) is 2.17. The molecular formula is C32H45NO2SSi. The van der Waals surface area contributed by atoms with Crippen LogP contribution in [0.4, 0.5) is 0 Å². The molecule has 200 valence electrons. The predicted molar refractivity (Wildman–Crippen MR) is 163 cm³/mol. The predicted octanol–water partition coefficient (Wildman–Crippen LogP) is 7.68. The largest absolute Gasteiger partial charge is 0.414 e. The van der Waals surface area contributed by atoms with E-state index in [-0.39, 0.29) is 15.9 Å². The van der Waals surface area contributed by atoms with Crippen LogP contribution in [0.5, 0.6) is 0 Å². The molecule has 0 saturated carbocycles. The lowest BCUT2D eigenvalue weighted by Crippen LogP contribution is -2.43. The lowest BCUT2D eigenvalue weighted by Gasteiger charge is -2.39. The van der Waals surface area contributed by atoms with Gasteiger partial charge in [-0.15, -0.1) is 11.8 Å². The number of rotatable bonds is 13. The van der Waals surface area contributed by atoms with Crippen LogP contribution in [0, 0.1) is 0 Å². The van der Waals surface area contributed by atoms with Crippen LogP contribution in [0.25, 0.3) is 0 Å². The molecule has 3 rings (SSSR count). The van der Waals surface area contributed by atoms with Crippen molar-refractivity contribution in [3.8, 4) is 0 Å². The summed E-state index contributed by atoms with van der Waals surface area (Å²) in [5.74, 6) is 0.820. The summed E-state index contributed by atoms with van der Waals surface area (Å²) < 4.78 is 12.8. The normalized spacial score (nSPS) is 13.6. The molecule has 0 aromatic heterocycles. The molecule has 37 heavy (non-hydrogen) atoms. The van der Waals surface area contributed by atoms with Gasteiger partial charge in [-0.2, -0.15) is 0 Å². The minimum atomic E-state index is -1.90. The summed E-state index contributed by atoms with van der Waals surface area (Å²) in [6.07, 6.45) is -0.00501. The zero-order valence-corrected chi connectivity index (χ0v) is 25.6. The number of benzene rings is 3. The Balaban J connectivity index is 1.98. The van der Waals surface area contributed by atoms with E-state index in [9.17, 15) is 0 Å². The van der Waals surface area contributed by atoms with Crippen molar-refractivity contribution in [2.45, 2.75) is 49.8 Å². The maximum absolute atomic E-state index is 6.68. The highest BCUT2D eigenvalue weighted by Crippen LogP contribution is 2.49. The van der Waals surface area contributed by atoms with Gasteiger partial charge in [0.2, 0.25) is 0 Å². The second-order valence-corrected chi connectivity index (χ2v) is 17.5. The minimum Gasteiger partial charge on any atom is -0.414 e. The molecule has 0 N–H and O–H groups in total. The molecule has 0 bridgehead atoms. The minimum absolute atomic E-state index is 0.00501. The average Bonchev–Trinajstić information content (AvgIpc) is 2.88. The third-order valence-electron chi connectivity index (χ3n) is 7.35. The Morgan fingerprint density at radius 3 is 1.57 bits per heavy atom. The monoisotopic (exact) mass is 535 g/mol. The third-order valence-corrected chi connectivity index (χ3v) is 13.5. The van der Waals surface area contributed by atoms with Crippen molar-refractivity contribution in [2.24, 2.45) is 0 Å². The van der Waals surface area contributed by atoms with Gasteiger partial charge >= 0.3 is 0 Å². The SMILES string of the molecule is CN(C)CCO[C@@H](CO[Si](C)(C)C(C)(C)C)CSC(c1ccccc1)(c1ccccc1)c1ccccc1. The molecule has 0 radical (unpaired) electrons. The number of nitrogens with zero attached hydrogens (tertiary/aromatic N) is 1. The topological polar surface area (TPSA) is 21.7 Å². The van der Waals surface area contributed by atoms with Crippen LogP contribution in [0.1, 0.15) is 37.5 Å². The van der Waals surface area contributed by atoms with E-state index >= 15 is 0 Å². The molecule has 0 heterocycles. The zero-order valence-electron chi connectivity index (χ0n) is 23.7. The van der Waals surface area contributed by atoms with Crippen LogP contribution >= 0.6 is 11.8 Å². The van der Waals surface area contributed by atoms with E-state index in [0.29, 0.717) is 13.2 Å². The fourth-order valence-corrected chi connectivity index (χ4v) is 6.62. The van der Waals surface area contributed by atoms with Crippen LogP contribution < -0.4 is 0 Å². The molecule has 0 aliphatic heterocycles. The van der Waals surface area contributed by atoms with E-state index in [1.165, 1.54) is 16.7 Å². The van der Waals surface area contributed by atoms with Crippen molar-refractivity contribution in [1.82, 2.24) is 4.90 Å². The Morgan fingerprint density at radius 2 is 1.19 bits per heavy atom. The highest BCUT2D eigenvalue weighted by Gasteiger charge is 2.40. The first kappa shape index (κ1) is 29.7. The Bertz CT molecular complexity index is 956. The summed E-state index contributed by atoms with van der Waals surface area (Å²) in [6.45, 7) is 13.7. The molecule has 0 aliphatic rings. The lowest BCUT2D eigenvalue weighted by molar-refractivity contribution is 0.0248. The summed E-state index contributed by atoms with van der Waals surface area (Å²) in [6, 6.07) is 32.6. The fraction of sp³-hybridized carbons (Fsp3) is 0.438. The lowest BCUT2D eigenvalue weighted by atomic mass is 9.84. The van der Waals surface area contributed by atoms with Gasteiger partial charge in [0.05, 0.1) is 24.1 Å². The maximum atomic E-state index is 6.68. The molecule has 0 spiro atoms. The van der Waals surface area contributed by atoms with Gasteiger partial charge in [-0.25, -0.2) is 0 Å². The van der Waals surface area contributed by atoms with E-state index in [2.05, 4.69) is 144 Å². The molecule has 0 fully saturated rings. The number of thioether (sulfide) groups is 1. The second-order valence-electron chi connectivity index (χ2n) is 11.5. The van der Waals surface area contributed by atoms with Crippen molar-refractivity contribution in [1.29, 1.82) is 0 Å². The van der Waals surface area contributed by atoms with E-state index in [1.807, 2.05) is 11.8 Å². The first-order valence-corrected chi connectivity index (χ1v) is 17.2. The van der Waals surface area contributed by atoms with Gasteiger partial charge in [-0.05, 0) is 48.9 Å². The van der Waals surface area contributed by atoms with Crippen molar-refractivity contribution in [3.05, 3.63) is 108 Å². The molecule has 1 atom stereocenters. The molecule has 5 heteroatoms. The Hall–Kier alpha value is -1.89. The zero-order chi connectivity index (χ0) is 26.9. The number of hydrogen-bond acceptors (Lipinski definition) is 4. The summed E-state index contributed by atoms with van der Waals surface area (Å²) in [5, 5.41) is 0.163. The highest BCUT2D eigenvalue weighted by molar-refractivity contribution is 8.00. The first-order valence-electron chi connectivity index (χ1n) is 13.3. The molecule has 3 nitrogen and oxygen atoms in total. The number of ether oxygens (including phenoxy) is 1. The Kier molecular flexibility index (Phi) is 10.6. The van der Waals surface area contributed by atoms with E-state index < -0.39 is 8.32 Å².